The third-order valence-corrected chi connectivity index (χ3v) is 3.23. The van der Waals surface area contributed by atoms with Crippen LogP contribution in [0.25, 0.3) is 0 Å². The highest BCUT2D eigenvalue weighted by Crippen LogP contribution is 2.20. The maximum atomic E-state index is 5.23. The fraction of sp³-hybridized carbons (Fsp3) is 0.333. The Kier molecular flexibility index (Phi) is 3.58. The van der Waals surface area contributed by atoms with Gasteiger partial charge in [0.05, 0.1) is 7.11 Å². The van der Waals surface area contributed by atoms with Crippen molar-refractivity contribution < 1.29 is 4.74 Å². The maximum Gasteiger partial charge on any atom is 0.205 e. The first-order valence-electron chi connectivity index (χ1n) is 5.36. The molecule has 0 spiro atoms. The second-order valence-corrected chi connectivity index (χ2v) is 4.97. The van der Waals surface area contributed by atoms with E-state index in [2.05, 4.69) is 21.6 Å². The van der Waals surface area contributed by atoms with Crippen LogP contribution in [0.5, 0.6) is 5.75 Å². The number of aromatic nitrogens is 2. The van der Waals surface area contributed by atoms with Crippen LogP contribution >= 0.6 is 11.3 Å². The minimum atomic E-state index is 0.749. The van der Waals surface area contributed by atoms with Gasteiger partial charge in [-0.05, 0) is 31.0 Å². The molecule has 2 rings (SSSR count). The summed E-state index contributed by atoms with van der Waals surface area (Å²) in [6.45, 7) is 4.73. The lowest BCUT2D eigenvalue weighted by Crippen LogP contribution is -1.99. The summed E-state index contributed by atoms with van der Waals surface area (Å²) in [6.07, 6.45) is 0. The van der Waals surface area contributed by atoms with E-state index in [1.807, 2.05) is 26.0 Å². The second kappa shape index (κ2) is 5.14. The molecule has 0 unspecified atom stereocenters. The summed E-state index contributed by atoms with van der Waals surface area (Å²) in [7, 11) is 1.68. The van der Waals surface area contributed by atoms with Gasteiger partial charge in [0, 0.05) is 6.54 Å². The quantitative estimate of drug-likeness (QED) is 0.905. The van der Waals surface area contributed by atoms with E-state index in [0.29, 0.717) is 0 Å². The minimum Gasteiger partial charge on any atom is -0.496 e. The summed E-state index contributed by atoms with van der Waals surface area (Å²) in [5.41, 5.74) is 2.34. The van der Waals surface area contributed by atoms with Crippen molar-refractivity contribution in [2.45, 2.75) is 20.4 Å². The highest BCUT2D eigenvalue weighted by molar-refractivity contribution is 7.15. The van der Waals surface area contributed by atoms with Crippen LogP contribution in [-0.4, -0.2) is 17.3 Å². The summed E-state index contributed by atoms with van der Waals surface area (Å²) < 4.78 is 5.23. The molecule has 4 nitrogen and oxygen atoms in total. The van der Waals surface area contributed by atoms with Crippen molar-refractivity contribution in [1.29, 1.82) is 0 Å². The molecule has 1 aromatic heterocycles. The SMILES string of the molecule is COc1ccc(CNc2nnc(C)s2)cc1C. The van der Waals surface area contributed by atoms with Crippen LogP contribution < -0.4 is 10.1 Å². The normalized spacial score (nSPS) is 10.3. The Morgan fingerprint density at radius 1 is 1.29 bits per heavy atom. The molecule has 0 radical (unpaired) electrons. The van der Waals surface area contributed by atoms with Crippen molar-refractivity contribution in [2.75, 3.05) is 12.4 Å². The monoisotopic (exact) mass is 249 g/mol. The van der Waals surface area contributed by atoms with Crippen molar-refractivity contribution in [3.8, 4) is 5.75 Å². The number of benzene rings is 1. The molecule has 0 atom stereocenters. The molecule has 1 N–H and O–H groups in total. The third kappa shape index (κ3) is 2.94. The summed E-state index contributed by atoms with van der Waals surface area (Å²) in [4.78, 5) is 0. The molecule has 0 saturated carbocycles. The molecule has 1 heterocycles. The Balaban J connectivity index is 2.02. The van der Waals surface area contributed by atoms with E-state index in [1.165, 1.54) is 5.56 Å². The van der Waals surface area contributed by atoms with Gasteiger partial charge in [0.15, 0.2) is 0 Å². The number of ether oxygens (including phenoxy) is 1. The van der Waals surface area contributed by atoms with E-state index in [9.17, 15) is 0 Å². The first-order valence-corrected chi connectivity index (χ1v) is 6.18. The molecule has 17 heavy (non-hydrogen) atoms. The van der Waals surface area contributed by atoms with Crippen LogP contribution in [0.3, 0.4) is 0 Å². The predicted octanol–water partition coefficient (Wildman–Crippen LogP) is 2.78. The smallest absolute Gasteiger partial charge is 0.205 e. The molecule has 0 aliphatic heterocycles. The second-order valence-electron chi connectivity index (χ2n) is 3.78. The van der Waals surface area contributed by atoms with Gasteiger partial charge in [-0.3, -0.25) is 0 Å². The zero-order valence-electron chi connectivity index (χ0n) is 10.2. The predicted molar refractivity (Wildman–Crippen MR) is 69.7 cm³/mol. The van der Waals surface area contributed by atoms with Crippen LogP contribution in [-0.2, 0) is 6.54 Å². The number of methoxy groups -OCH3 is 1. The van der Waals surface area contributed by atoms with E-state index in [4.69, 9.17) is 4.74 Å². The lowest BCUT2D eigenvalue weighted by molar-refractivity contribution is 0.411. The van der Waals surface area contributed by atoms with E-state index < -0.39 is 0 Å². The van der Waals surface area contributed by atoms with Crippen LogP contribution in [0.15, 0.2) is 18.2 Å². The van der Waals surface area contributed by atoms with Crippen LogP contribution in [0, 0.1) is 13.8 Å². The van der Waals surface area contributed by atoms with Crippen LogP contribution in [0.1, 0.15) is 16.1 Å². The average molecular weight is 249 g/mol. The molecular formula is C12H15N3OS. The van der Waals surface area contributed by atoms with Gasteiger partial charge in [-0.2, -0.15) is 0 Å². The molecule has 2 aromatic rings. The number of hydrogen-bond acceptors (Lipinski definition) is 5. The largest absolute Gasteiger partial charge is 0.496 e. The van der Waals surface area contributed by atoms with Gasteiger partial charge in [0.1, 0.15) is 10.8 Å². The summed E-state index contributed by atoms with van der Waals surface area (Å²) in [6, 6.07) is 6.14. The molecule has 0 saturated heterocycles. The van der Waals surface area contributed by atoms with Gasteiger partial charge < -0.3 is 10.1 Å². The highest BCUT2D eigenvalue weighted by Gasteiger charge is 2.02. The standard InChI is InChI=1S/C12H15N3OS/c1-8-6-10(4-5-11(8)16-3)7-13-12-15-14-9(2)17-12/h4-6H,7H2,1-3H3,(H,13,15). The molecule has 90 valence electrons. The summed E-state index contributed by atoms with van der Waals surface area (Å²) in [5, 5.41) is 13.1. The number of nitrogens with one attached hydrogen (secondary N) is 1. The molecule has 0 bridgehead atoms. The third-order valence-electron chi connectivity index (χ3n) is 2.43. The van der Waals surface area contributed by atoms with Crippen molar-refractivity contribution in [3.05, 3.63) is 34.3 Å². The molecule has 0 fully saturated rings. The van der Waals surface area contributed by atoms with Crippen molar-refractivity contribution in [2.24, 2.45) is 0 Å². The Hall–Kier alpha value is -1.62. The van der Waals surface area contributed by atoms with Gasteiger partial charge in [-0.15, -0.1) is 10.2 Å². The van der Waals surface area contributed by atoms with Crippen molar-refractivity contribution >= 4 is 16.5 Å². The molecule has 1 aromatic carbocycles. The van der Waals surface area contributed by atoms with Gasteiger partial charge >= 0.3 is 0 Å². The number of nitrogens with zero attached hydrogens (tertiary/aromatic N) is 2. The van der Waals surface area contributed by atoms with Gasteiger partial charge in [-0.25, -0.2) is 0 Å². The summed E-state index contributed by atoms with van der Waals surface area (Å²) >= 11 is 1.56. The highest BCUT2D eigenvalue weighted by atomic mass is 32.1. The molecular weight excluding hydrogens is 234 g/mol. The molecule has 0 amide bonds. The van der Waals surface area contributed by atoms with Crippen molar-refractivity contribution in [1.82, 2.24) is 10.2 Å². The van der Waals surface area contributed by atoms with Crippen LogP contribution in [0.2, 0.25) is 0 Å². The molecule has 0 aliphatic carbocycles. The average Bonchev–Trinajstić information content (AvgIpc) is 2.73. The number of aryl methyl sites for hydroxylation is 2. The Morgan fingerprint density at radius 3 is 2.71 bits per heavy atom. The fourth-order valence-electron chi connectivity index (χ4n) is 1.60. The zero-order valence-corrected chi connectivity index (χ0v) is 11.0. The van der Waals surface area contributed by atoms with Crippen molar-refractivity contribution in [3.63, 3.8) is 0 Å². The fourth-order valence-corrected chi connectivity index (χ4v) is 2.18. The number of hydrogen-bond donors (Lipinski definition) is 1. The maximum absolute atomic E-state index is 5.23. The zero-order chi connectivity index (χ0) is 12.3. The first-order chi connectivity index (χ1) is 8.19. The molecule has 5 heteroatoms. The van der Waals surface area contributed by atoms with Gasteiger partial charge in [-0.1, -0.05) is 23.5 Å². The number of rotatable bonds is 4. The Bertz CT molecular complexity index is 510. The number of anilines is 1. The molecule has 0 aliphatic rings. The lowest BCUT2D eigenvalue weighted by atomic mass is 10.1. The minimum absolute atomic E-state index is 0.749. The van der Waals surface area contributed by atoms with E-state index in [0.717, 1.165) is 28.0 Å². The van der Waals surface area contributed by atoms with E-state index in [-0.39, 0.29) is 0 Å². The van der Waals surface area contributed by atoms with Crippen LogP contribution in [0.4, 0.5) is 5.13 Å². The lowest BCUT2D eigenvalue weighted by Gasteiger charge is -2.07. The van der Waals surface area contributed by atoms with Gasteiger partial charge in [0.2, 0.25) is 5.13 Å². The van der Waals surface area contributed by atoms with E-state index in [1.54, 1.807) is 18.4 Å². The summed E-state index contributed by atoms with van der Waals surface area (Å²) in [5.74, 6) is 0.917. The Labute approximate surface area is 105 Å². The van der Waals surface area contributed by atoms with E-state index >= 15 is 0 Å². The Morgan fingerprint density at radius 2 is 2.12 bits per heavy atom. The topological polar surface area (TPSA) is 47.0 Å². The van der Waals surface area contributed by atoms with Gasteiger partial charge in [0.25, 0.3) is 0 Å². The first kappa shape index (κ1) is 11.9.